The van der Waals surface area contributed by atoms with Crippen molar-refractivity contribution in [2.75, 3.05) is 7.05 Å². The Morgan fingerprint density at radius 1 is 1.39 bits per heavy atom. The summed E-state index contributed by atoms with van der Waals surface area (Å²) in [6.07, 6.45) is 7.22. The predicted octanol–water partition coefficient (Wildman–Crippen LogP) is 4.30. The highest BCUT2D eigenvalue weighted by atomic mass is 79.9. The second kappa shape index (κ2) is 6.67. The maximum absolute atomic E-state index is 13.7. The fraction of sp³-hybridized carbons (Fsp3) is 0.600. The van der Waals surface area contributed by atoms with Gasteiger partial charge in [-0.3, -0.25) is 0 Å². The van der Waals surface area contributed by atoms with Gasteiger partial charge in [0.1, 0.15) is 5.82 Å². The van der Waals surface area contributed by atoms with Gasteiger partial charge in [0, 0.05) is 10.5 Å². The quantitative estimate of drug-likeness (QED) is 0.854. The topological polar surface area (TPSA) is 12.0 Å². The summed E-state index contributed by atoms with van der Waals surface area (Å²) >= 11 is 3.29. The van der Waals surface area contributed by atoms with Gasteiger partial charge in [-0.1, -0.05) is 34.8 Å². The number of hydrogen-bond donors (Lipinski definition) is 1. The monoisotopic (exact) mass is 313 g/mol. The van der Waals surface area contributed by atoms with E-state index in [0.29, 0.717) is 6.04 Å². The second-order valence-corrected chi connectivity index (χ2v) is 6.13. The highest BCUT2D eigenvalue weighted by Gasteiger charge is 2.23. The van der Waals surface area contributed by atoms with Gasteiger partial charge in [0.05, 0.1) is 0 Å². The van der Waals surface area contributed by atoms with E-state index in [2.05, 4.69) is 21.2 Å². The Kier molecular flexibility index (Phi) is 5.19. The summed E-state index contributed by atoms with van der Waals surface area (Å²) in [6.45, 7) is 0. The van der Waals surface area contributed by atoms with Gasteiger partial charge in [-0.05, 0) is 56.3 Å². The summed E-state index contributed by atoms with van der Waals surface area (Å²) in [6, 6.07) is 5.90. The molecular weight excluding hydrogens is 293 g/mol. The smallest absolute Gasteiger partial charge is 0.127 e. The third-order valence-electron chi connectivity index (χ3n) is 4.08. The van der Waals surface area contributed by atoms with Crippen LogP contribution in [0.5, 0.6) is 0 Å². The normalized spacial score (nSPS) is 18.2. The van der Waals surface area contributed by atoms with E-state index in [-0.39, 0.29) is 5.82 Å². The minimum Gasteiger partial charge on any atom is -0.317 e. The van der Waals surface area contributed by atoms with Crippen LogP contribution < -0.4 is 5.32 Å². The average Bonchev–Trinajstić information content (AvgIpc) is 2.86. The van der Waals surface area contributed by atoms with Gasteiger partial charge in [-0.15, -0.1) is 0 Å². The molecule has 0 heterocycles. The molecule has 1 aliphatic rings. The van der Waals surface area contributed by atoms with Gasteiger partial charge in [0.25, 0.3) is 0 Å². The molecule has 18 heavy (non-hydrogen) atoms. The Morgan fingerprint density at radius 2 is 2.11 bits per heavy atom. The zero-order chi connectivity index (χ0) is 13.0. The molecule has 1 saturated carbocycles. The molecule has 1 aromatic rings. The lowest BCUT2D eigenvalue weighted by Crippen LogP contribution is -2.32. The molecule has 0 aromatic heterocycles. The standard InChI is InChI=1S/C15H21BrFN/c1-18-15(12-4-2-3-5-12)9-7-11-6-8-13(16)10-14(11)17/h6,8,10,12,15,18H,2-5,7,9H2,1H3. The molecule has 2 rings (SSSR count). The molecule has 1 fully saturated rings. The molecular formula is C15H21BrFN. The van der Waals surface area contributed by atoms with Gasteiger partial charge in [-0.25, -0.2) is 4.39 Å². The van der Waals surface area contributed by atoms with Crippen molar-refractivity contribution in [1.29, 1.82) is 0 Å². The average molecular weight is 314 g/mol. The molecule has 1 unspecified atom stereocenters. The van der Waals surface area contributed by atoms with E-state index >= 15 is 0 Å². The van der Waals surface area contributed by atoms with Crippen molar-refractivity contribution in [3.63, 3.8) is 0 Å². The maximum atomic E-state index is 13.7. The summed E-state index contributed by atoms with van der Waals surface area (Å²) < 4.78 is 14.5. The zero-order valence-electron chi connectivity index (χ0n) is 10.9. The van der Waals surface area contributed by atoms with Crippen molar-refractivity contribution in [2.45, 2.75) is 44.6 Å². The minimum absolute atomic E-state index is 0.0920. The molecule has 100 valence electrons. The predicted molar refractivity (Wildman–Crippen MR) is 77.2 cm³/mol. The summed E-state index contributed by atoms with van der Waals surface area (Å²) in [5.41, 5.74) is 0.830. The first-order chi connectivity index (χ1) is 8.70. The van der Waals surface area contributed by atoms with Crippen LogP contribution in [0.15, 0.2) is 22.7 Å². The third-order valence-corrected chi connectivity index (χ3v) is 4.57. The van der Waals surface area contributed by atoms with Gasteiger partial charge in [-0.2, -0.15) is 0 Å². The van der Waals surface area contributed by atoms with Crippen LogP contribution in [0.1, 0.15) is 37.7 Å². The van der Waals surface area contributed by atoms with Crippen LogP contribution in [0.4, 0.5) is 4.39 Å². The largest absolute Gasteiger partial charge is 0.317 e. The summed E-state index contributed by atoms with van der Waals surface area (Å²) in [5, 5.41) is 3.41. The van der Waals surface area contributed by atoms with Gasteiger partial charge >= 0.3 is 0 Å². The van der Waals surface area contributed by atoms with Crippen LogP contribution >= 0.6 is 15.9 Å². The fourth-order valence-electron chi connectivity index (χ4n) is 3.01. The molecule has 0 radical (unpaired) electrons. The van der Waals surface area contributed by atoms with E-state index in [4.69, 9.17) is 0 Å². The van der Waals surface area contributed by atoms with Crippen LogP contribution in [-0.4, -0.2) is 13.1 Å². The lowest BCUT2D eigenvalue weighted by atomic mass is 9.92. The number of rotatable bonds is 5. The molecule has 1 aliphatic carbocycles. The molecule has 0 aliphatic heterocycles. The van der Waals surface area contributed by atoms with Gasteiger partial charge in [0.15, 0.2) is 0 Å². The molecule has 1 aromatic carbocycles. The number of nitrogens with one attached hydrogen (secondary N) is 1. The Bertz CT molecular complexity index is 388. The second-order valence-electron chi connectivity index (χ2n) is 5.21. The van der Waals surface area contributed by atoms with Gasteiger partial charge in [0.2, 0.25) is 0 Å². The van der Waals surface area contributed by atoms with E-state index in [1.54, 1.807) is 6.07 Å². The lowest BCUT2D eigenvalue weighted by Gasteiger charge is -2.23. The van der Waals surface area contributed by atoms with Gasteiger partial charge < -0.3 is 5.32 Å². The number of aryl methyl sites for hydroxylation is 1. The van der Waals surface area contributed by atoms with Crippen LogP contribution in [-0.2, 0) is 6.42 Å². The van der Waals surface area contributed by atoms with E-state index in [1.165, 1.54) is 25.7 Å². The number of halogens is 2. The first-order valence-corrected chi connectivity index (χ1v) is 7.61. The lowest BCUT2D eigenvalue weighted by molar-refractivity contribution is 0.358. The summed E-state index contributed by atoms with van der Waals surface area (Å²) in [4.78, 5) is 0. The summed E-state index contributed by atoms with van der Waals surface area (Å²) in [5.74, 6) is 0.694. The van der Waals surface area contributed by atoms with E-state index in [0.717, 1.165) is 28.8 Å². The van der Waals surface area contributed by atoms with Crippen molar-refractivity contribution < 1.29 is 4.39 Å². The van der Waals surface area contributed by atoms with Crippen LogP contribution in [0, 0.1) is 11.7 Å². The maximum Gasteiger partial charge on any atom is 0.127 e. The van der Waals surface area contributed by atoms with Crippen LogP contribution in [0.25, 0.3) is 0 Å². The van der Waals surface area contributed by atoms with E-state index in [1.807, 2.05) is 19.2 Å². The van der Waals surface area contributed by atoms with Crippen molar-refractivity contribution >= 4 is 15.9 Å². The Hall–Kier alpha value is -0.410. The highest BCUT2D eigenvalue weighted by molar-refractivity contribution is 9.10. The first-order valence-electron chi connectivity index (χ1n) is 6.82. The Morgan fingerprint density at radius 3 is 2.72 bits per heavy atom. The van der Waals surface area contributed by atoms with Crippen molar-refractivity contribution in [2.24, 2.45) is 5.92 Å². The molecule has 1 N–H and O–H groups in total. The fourth-order valence-corrected chi connectivity index (χ4v) is 3.34. The molecule has 0 spiro atoms. The summed E-state index contributed by atoms with van der Waals surface area (Å²) in [7, 11) is 2.03. The van der Waals surface area contributed by atoms with Crippen molar-refractivity contribution in [3.8, 4) is 0 Å². The van der Waals surface area contributed by atoms with Crippen molar-refractivity contribution in [1.82, 2.24) is 5.32 Å². The number of hydrogen-bond acceptors (Lipinski definition) is 1. The highest BCUT2D eigenvalue weighted by Crippen LogP contribution is 2.29. The molecule has 0 bridgehead atoms. The SMILES string of the molecule is CNC(CCc1ccc(Br)cc1F)C1CCCC1. The molecule has 3 heteroatoms. The molecule has 0 amide bonds. The molecule has 0 saturated heterocycles. The van der Waals surface area contributed by atoms with Crippen LogP contribution in [0.2, 0.25) is 0 Å². The molecule has 1 nitrogen and oxygen atoms in total. The number of benzene rings is 1. The third kappa shape index (κ3) is 3.55. The van der Waals surface area contributed by atoms with Crippen molar-refractivity contribution in [3.05, 3.63) is 34.1 Å². The minimum atomic E-state index is -0.0920. The Labute approximate surface area is 117 Å². The Balaban J connectivity index is 1.92. The van der Waals surface area contributed by atoms with Crippen LogP contribution in [0.3, 0.4) is 0 Å². The van der Waals surface area contributed by atoms with E-state index in [9.17, 15) is 4.39 Å². The molecule has 1 atom stereocenters. The first kappa shape index (κ1) is 14.0. The zero-order valence-corrected chi connectivity index (χ0v) is 12.5. The van der Waals surface area contributed by atoms with E-state index < -0.39 is 0 Å².